The van der Waals surface area contributed by atoms with Gasteiger partial charge in [-0.05, 0) is 48.2 Å². The third-order valence-electron chi connectivity index (χ3n) is 4.68. The molecule has 5 heteroatoms. The molecular weight excluding hydrogens is 329 g/mol. The van der Waals surface area contributed by atoms with Crippen molar-refractivity contribution in [2.75, 3.05) is 20.2 Å². The van der Waals surface area contributed by atoms with E-state index in [1.54, 1.807) is 13.2 Å². The van der Waals surface area contributed by atoms with Crippen LogP contribution in [0.3, 0.4) is 0 Å². The lowest BCUT2D eigenvalue weighted by atomic mass is 9.84. The van der Waals surface area contributed by atoms with Crippen molar-refractivity contribution in [2.24, 2.45) is 0 Å². The van der Waals surface area contributed by atoms with Crippen molar-refractivity contribution in [2.45, 2.75) is 25.0 Å². The van der Waals surface area contributed by atoms with Crippen LogP contribution in [0.4, 0.5) is 4.39 Å². The summed E-state index contributed by atoms with van der Waals surface area (Å²) in [4.78, 5) is 2.29. The number of ether oxygens (including phenoxy) is 1. The van der Waals surface area contributed by atoms with E-state index in [9.17, 15) is 9.50 Å². The van der Waals surface area contributed by atoms with Crippen molar-refractivity contribution in [1.82, 2.24) is 4.90 Å². The van der Waals surface area contributed by atoms with Crippen LogP contribution < -0.4 is 4.74 Å². The number of piperidine rings is 1. The number of likely N-dealkylation sites (tertiary alicyclic amines) is 1. The van der Waals surface area contributed by atoms with Crippen LogP contribution in [0, 0.1) is 5.82 Å². The van der Waals surface area contributed by atoms with Crippen molar-refractivity contribution in [3.63, 3.8) is 0 Å². The van der Waals surface area contributed by atoms with E-state index >= 15 is 0 Å². The number of hydrogen-bond acceptors (Lipinski definition) is 3. The summed E-state index contributed by atoms with van der Waals surface area (Å²) in [5, 5.41) is 10.9. The second kappa shape index (κ2) is 7.09. The van der Waals surface area contributed by atoms with Crippen LogP contribution in [0.1, 0.15) is 24.0 Å². The maximum Gasteiger partial charge on any atom is 0.142 e. The average molecular weight is 350 g/mol. The topological polar surface area (TPSA) is 32.7 Å². The summed E-state index contributed by atoms with van der Waals surface area (Å²) in [5.74, 6) is 0.360. The molecule has 1 saturated heterocycles. The van der Waals surface area contributed by atoms with Gasteiger partial charge in [-0.25, -0.2) is 4.39 Å². The molecule has 0 radical (unpaired) electrons. The molecule has 0 bridgehead atoms. The van der Waals surface area contributed by atoms with Gasteiger partial charge in [-0.15, -0.1) is 0 Å². The Hall–Kier alpha value is -1.62. The number of nitrogens with zero attached hydrogens (tertiary/aromatic N) is 1. The highest BCUT2D eigenvalue weighted by Crippen LogP contribution is 2.34. The van der Waals surface area contributed by atoms with Crippen molar-refractivity contribution < 1.29 is 14.2 Å². The number of halogens is 2. The van der Waals surface area contributed by atoms with Crippen LogP contribution in [0.15, 0.2) is 42.5 Å². The van der Waals surface area contributed by atoms with Gasteiger partial charge in [0, 0.05) is 19.6 Å². The van der Waals surface area contributed by atoms with Gasteiger partial charge in [-0.3, -0.25) is 4.90 Å². The Morgan fingerprint density at radius 3 is 2.62 bits per heavy atom. The number of hydrogen-bond donors (Lipinski definition) is 1. The number of benzene rings is 2. The molecule has 0 aromatic heterocycles. The van der Waals surface area contributed by atoms with Gasteiger partial charge in [0.15, 0.2) is 0 Å². The third-order valence-corrected chi connectivity index (χ3v) is 4.99. The second-order valence-electron chi connectivity index (χ2n) is 6.29. The average Bonchev–Trinajstić information content (AvgIpc) is 2.59. The Morgan fingerprint density at radius 1 is 1.21 bits per heavy atom. The first-order chi connectivity index (χ1) is 11.5. The molecule has 0 aliphatic carbocycles. The van der Waals surface area contributed by atoms with Crippen molar-refractivity contribution in [1.29, 1.82) is 0 Å². The van der Waals surface area contributed by atoms with E-state index in [1.807, 2.05) is 18.2 Å². The van der Waals surface area contributed by atoms with Gasteiger partial charge in [0.1, 0.15) is 11.6 Å². The van der Waals surface area contributed by atoms with E-state index in [-0.39, 0.29) is 5.02 Å². The Labute approximate surface area is 146 Å². The molecule has 3 nitrogen and oxygen atoms in total. The highest BCUT2D eigenvalue weighted by atomic mass is 35.5. The van der Waals surface area contributed by atoms with Crippen LogP contribution in [0.2, 0.25) is 5.02 Å². The molecule has 1 heterocycles. The van der Waals surface area contributed by atoms with Crippen molar-refractivity contribution >= 4 is 11.6 Å². The zero-order valence-corrected chi connectivity index (χ0v) is 14.4. The smallest absolute Gasteiger partial charge is 0.142 e. The largest absolute Gasteiger partial charge is 0.497 e. The first-order valence-electron chi connectivity index (χ1n) is 8.03. The van der Waals surface area contributed by atoms with Crippen molar-refractivity contribution in [3.8, 4) is 5.75 Å². The monoisotopic (exact) mass is 349 g/mol. The Kier molecular flexibility index (Phi) is 5.09. The van der Waals surface area contributed by atoms with E-state index in [4.69, 9.17) is 16.3 Å². The van der Waals surface area contributed by atoms with E-state index in [2.05, 4.69) is 11.0 Å². The predicted octanol–water partition coefficient (Wildman–Crippen LogP) is 3.97. The predicted molar refractivity (Wildman–Crippen MR) is 92.8 cm³/mol. The fraction of sp³-hybridized carbons (Fsp3) is 0.368. The van der Waals surface area contributed by atoms with Crippen LogP contribution in [-0.2, 0) is 12.1 Å². The highest BCUT2D eigenvalue weighted by molar-refractivity contribution is 6.30. The van der Waals surface area contributed by atoms with E-state index in [0.717, 1.165) is 25.4 Å². The van der Waals surface area contributed by atoms with Gasteiger partial charge >= 0.3 is 0 Å². The van der Waals surface area contributed by atoms with Crippen LogP contribution in [0.25, 0.3) is 0 Å². The molecule has 1 N–H and O–H groups in total. The maximum atomic E-state index is 13.7. The summed E-state index contributed by atoms with van der Waals surface area (Å²) in [7, 11) is 1.66. The molecule has 3 rings (SSSR count). The normalized spacial score (nSPS) is 17.7. The first kappa shape index (κ1) is 17.2. The number of rotatable bonds is 4. The zero-order chi connectivity index (χ0) is 17.2. The summed E-state index contributed by atoms with van der Waals surface area (Å²) in [6, 6.07) is 12.6. The minimum Gasteiger partial charge on any atom is -0.497 e. The molecule has 0 unspecified atom stereocenters. The third kappa shape index (κ3) is 3.72. The molecule has 2 aromatic rings. The molecule has 0 saturated carbocycles. The van der Waals surface area contributed by atoms with Crippen LogP contribution in [0.5, 0.6) is 5.75 Å². The van der Waals surface area contributed by atoms with E-state index in [1.165, 1.54) is 17.7 Å². The summed E-state index contributed by atoms with van der Waals surface area (Å²) in [6.45, 7) is 2.30. The van der Waals surface area contributed by atoms with Crippen LogP contribution >= 0.6 is 11.6 Å². The molecule has 128 valence electrons. The Bertz CT molecular complexity index is 714. The van der Waals surface area contributed by atoms with E-state index < -0.39 is 11.4 Å². The number of aliphatic hydroxyl groups is 1. The SMILES string of the molecule is COc1cccc(CN2CCC(O)(c3ccc(Cl)c(F)c3)CC2)c1. The fourth-order valence-electron chi connectivity index (χ4n) is 3.18. The summed E-state index contributed by atoms with van der Waals surface area (Å²) >= 11 is 5.73. The molecule has 0 spiro atoms. The minimum atomic E-state index is -0.990. The molecular formula is C19H21ClFNO2. The Balaban J connectivity index is 1.65. The lowest BCUT2D eigenvalue weighted by molar-refractivity contribution is -0.0279. The quantitative estimate of drug-likeness (QED) is 0.906. The maximum absolute atomic E-state index is 13.7. The molecule has 2 aromatic carbocycles. The van der Waals surface area contributed by atoms with Gasteiger partial charge in [-0.2, -0.15) is 0 Å². The van der Waals surface area contributed by atoms with Gasteiger partial charge < -0.3 is 9.84 Å². The lowest BCUT2D eigenvalue weighted by Crippen LogP contribution is -2.42. The second-order valence-corrected chi connectivity index (χ2v) is 6.70. The summed E-state index contributed by atoms with van der Waals surface area (Å²) < 4.78 is 18.9. The van der Waals surface area contributed by atoms with Crippen molar-refractivity contribution in [3.05, 3.63) is 64.4 Å². The van der Waals surface area contributed by atoms with Gasteiger partial charge in [-0.1, -0.05) is 29.8 Å². The minimum absolute atomic E-state index is 0.0813. The number of methoxy groups -OCH3 is 1. The van der Waals surface area contributed by atoms with Gasteiger partial charge in [0.05, 0.1) is 17.7 Å². The molecule has 24 heavy (non-hydrogen) atoms. The molecule has 0 amide bonds. The zero-order valence-electron chi connectivity index (χ0n) is 13.6. The highest BCUT2D eigenvalue weighted by Gasteiger charge is 2.34. The fourth-order valence-corrected chi connectivity index (χ4v) is 3.30. The molecule has 1 aliphatic heterocycles. The van der Waals surface area contributed by atoms with Crippen LogP contribution in [-0.4, -0.2) is 30.2 Å². The first-order valence-corrected chi connectivity index (χ1v) is 8.41. The van der Waals surface area contributed by atoms with Gasteiger partial charge in [0.2, 0.25) is 0 Å². The molecule has 0 atom stereocenters. The lowest BCUT2D eigenvalue weighted by Gasteiger charge is -2.38. The standard InChI is InChI=1S/C19H21ClFNO2/c1-24-16-4-2-3-14(11-16)13-22-9-7-19(23,8-10-22)15-5-6-17(20)18(21)12-15/h2-6,11-12,23H,7-10,13H2,1H3. The summed E-state index contributed by atoms with van der Waals surface area (Å²) in [5.41, 5.74) is 0.791. The summed E-state index contributed by atoms with van der Waals surface area (Å²) in [6.07, 6.45) is 1.14. The molecule has 1 aliphatic rings. The van der Waals surface area contributed by atoms with E-state index in [0.29, 0.717) is 18.4 Å². The van der Waals surface area contributed by atoms with Gasteiger partial charge in [0.25, 0.3) is 0 Å². The molecule has 1 fully saturated rings. The Morgan fingerprint density at radius 2 is 1.96 bits per heavy atom.